The first-order valence-corrected chi connectivity index (χ1v) is 6.50. The second kappa shape index (κ2) is 6.66. The highest BCUT2D eigenvalue weighted by atomic mass is 15.4. The van der Waals surface area contributed by atoms with Crippen molar-refractivity contribution < 1.29 is 0 Å². The molecule has 0 aliphatic rings. The molecule has 0 bridgehead atoms. The maximum atomic E-state index is 4.18. The zero-order chi connectivity index (χ0) is 12.0. The van der Waals surface area contributed by atoms with Gasteiger partial charge < -0.3 is 0 Å². The van der Waals surface area contributed by atoms with Crippen LogP contribution in [0.25, 0.3) is 0 Å². The molecule has 0 atom stereocenters. The molecule has 0 aliphatic carbocycles. The Morgan fingerprint density at radius 1 is 1.12 bits per heavy atom. The molecule has 3 heteroatoms. The van der Waals surface area contributed by atoms with Crippen LogP contribution in [0, 0.1) is 5.92 Å². The number of hydrogen-bond acceptors (Lipinski definition) is 2. The van der Waals surface area contributed by atoms with Crippen LogP contribution in [0.1, 0.15) is 65.1 Å². The van der Waals surface area contributed by atoms with Crippen molar-refractivity contribution in [1.82, 2.24) is 15.0 Å². The van der Waals surface area contributed by atoms with E-state index in [-0.39, 0.29) is 0 Å². The van der Waals surface area contributed by atoms with E-state index in [9.17, 15) is 0 Å². The molecule has 1 rings (SSSR count). The lowest BCUT2D eigenvalue weighted by molar-refractivity contribution is 0.514. The van der Waals surface area contributed by atoms with Crippen LogP contribution < -0.4 is 0 Å². The van der Waals surface area contributed by atoms with Gasteiger partial charge >= 0.3 is 0 Å². The molecule has 0 unspecified atom stereocenters. The van der Waals surface area contributed by atoms with Crippen molar-refractivity contribution in [3.05, 3.63) is 11.9 Å². The van der Waals surface area contributed by atoms with Gasteiger partial charge in [0.05, 0.1) is 5.69 Å². The summed E-state index contributed by atoms with van der Waals surface area (Å²) in [4.78, 5) is 0. The summed E-state index contributed by atoms with van der Waals surface area (Å²) in [7, 11) is 0. The first-order chi connectivity index (χ1) is 7.59. The molecule has 0 amide bonds. The second-order valence-electron chi connectivity index (χ2n) is 5.28. The van der Waals surface area contributed by atoms with Crippen LogP contribution >= 0.6 is 0 Å². The normalized spacial score (nSPS) is 11.6. The minimum Gasteiger partial charge on any atom is -0.250 e. The van der Waals surface area contributed by atoms with Crippen molar-refractivity contribution in [3.63, 3.8) is 0 Å². The van der Waals surface area contributed by atoms with Gasteiger partial charge in [-0.15, -0.1) is 5.10 Å². The van der Waals surface area contributed by atoms with Crippen LogP contribution in [0.2, 0.25) is 0 Å². The molecule has 0 saturated carbocycles. The number of aromatic nitrogens is 3. The molecule has 0 aliphatic heterocycles. The summed E-state index contributed by atoms with van der Waals surface area (Å²) in [5, 5.41) is 8.29. The van der Waals surface area contributed by atoms with Gasteiger partial charge in [0, 0.05) is 12.2 Å². The van der Waals surface area contributed by atoms with E-state index >= 15 is 0 Å². The van der Waals surface area contributed by atoms with Crippen LogP contribution in [0.4, 0.5) is 0 Å². The van der Waals surface area contributed by atoms with Gasteiger partial charge in [0.15, 0.2) is 0 Å². The van der Waals surface area contributed by atoms with Crippen LogP contribution in [0.3, 0.4) is 0 Å². The van der Waals surface area contributed by atoms with E-state index in [4.69, 9.17) is 0 Å². The highest BCUT2D eigenvalue weighted by molar-refractivity contribution is 4.92. The minimum absolute atomic E-state index is 0.419. The highest BCUT2D eigenvalue weighted by Crippen LogP contribution is 2.11. The van der Waals surface area contributed by atoms with E-state index in [1.165, 1.54) is 25.7 Å². The molecule has 0 spiro atoms. The Morgan fingerprint density at radius 2 is 1.88 bits per heavy atom. The van der Waals surface area contributed by atoms with Crippen molar-refractivity contribution in [3.8, 4) is 0 Å². The summed E-state index contributed by atoms with van der Waals surface area (Å²) >= 11 is 0. The first kappa shape index (κ1) is 13.2. The van der Waals surface area contributed by atoms with Crippen LogP contribution in [0.15, 0.2) is 6.20 Å². The van der Waals surface area contributed by atoms with Gasteiger partial charge in [0.1, 0.15) is 0 Å². The van der Waals surface area contributed by atoms with Gasteiger partial charge in [-0.25, -0.2) is 4.68 Å². The first-order valence-electron chi connectivity index (χ1n) is 6.50. The SMILES string of the molecule is CC(C)CCCCCc1cn(C(C)C)nn1. The summed E-state index contributed by atoms with van der Waals surface area (Å²) in [6, 6.07) is 0.419. The fourth-order valence-electron chi connectivity index (χ4n) is 1.72. The second-order valence-corrected chi connectivity index (χ2v) is 5.28. The Bertz CT molecular complexity index is 289. The van der Waals surface area contributed by atoms with Gasteiger partial charge in [-0.1, -0.05) is 38.3 Å². The predicted octanol–water partition coefficient (Wildman–Crippen LogP) is 3.62. The minimum atomic E-state index is 0.419. The van der Waals surface area contributed by atoms with E-state index in [0.717, 1.165) is 18.0 Å². The predicted molar refractivity (Wildman–Crippen MR) is 67.4 cm³/mol. The van der Waals surface area contributed by atoms with Gasteiger partial charge in [-0.2, -0.15) is 0 Å². The summed E-state index contributed by atoms with van der Waals surface area (Å²) in [6.45, 7) is 8.82. The van der Waals surface area contributed by atoms with Crippen molar-refractivity contribution in [2.75, 3.05) is 0 Å². The van der Waals surface area contributed by atoms with E-state index in [2.05, 4.69) is 44.2 Å². The van der Waals surface area contributed by atoms with E-state index in [1.54, 1.807) is 0 Å². The average Bonchev–Trinajstić information content (AvgIpc) is 2.65. The largest absolute Gasteiger partial charge is 0.250 e. The monoisotopic (exact) mass is 223 g/mol. The molecule has 0 saturated heterocycles. The molecule has 0 fully saturated rings. The zero-order valence-corrected chi connectivity index (χ0v) is 11.1. The van der Waals surface area contributed by atoms with Gasteiger partial charge in [-0.05, 0) is 32.6 Å². The lowest BCUT2D eigenvalue weighted by atomic mass is 10.0. The molecule has 0 aromatic carbocycles. The third-order valence-electron chi connectivity index (χ3n) is 2.80. The molecule has 0 radical (unpaired) electrons. The molecule has 1 aromatic rings. The number of rotatable bonds is 7. The molecule has 16 heavy (non-hydrogen) atoms. The number of aryl methyl sites for hydroxylation is 1. The van der Waals surface area contributed by atoms with Gasteiger partial charge in [0.25, 0.3) is 0 Å². The molecular formula is C13H25N3. The van der Waals surface area contributed by atoms with Crippen LogP contribution in [-0.4, -0.2) is 15.0 Å². The van der Waals surface area contributed by atoms with Crippen molar-refractivity contribution in [2.45, 2.75) is 65.8 Å². The lowest BCUT2D eigenvalue weighted by Crippen LogP contribution is -2.00. The summed E-state index contributed by atoms with van der Waals surface area (Å²) in [5.74, 6) is 0.835. The third-order valence-corrected chi connectivity index (χ3v) is 2.80. The summed E-state index contributed by atoms with van der Waals surface area (Å²) < 4.78 is 1.93. The Hall–Kier alpha value is -0.860. The molecule has 1 heterocycles. The number of hydrogen-bond donors (Lipinski definition) is 0. The summed E-state index contributed by atoms with van der Waals surface area (Å²) in [5.41, 5.74) is 1.14. The lowest BCUT2D eigenvalue weighted by Gasteiger charge is -2.03. The van der Waals surface area contributed by atoms with Gasteiger partial charge in [-0.3, -0.25) is 0 Å². The van der Waals surface area contributed by atoms with Crippen LogP contribution in [-0.2, 0) is 6.42 Å². The maximum Gasteiger partial charge on any atom is 0.0827 e. The molecule has 92 valence electrons. The standard InChI is InChI=1S/C13H25N3/c1-11(2)8-6-5-7-9-13-10-16(12(3)4)15-14-13/h10-12H,5-9H2,1-4H3. The van der Waals surface area contributed by atoms with E-state index in [1.807, 2.05) is 4.68 Å². The van der Waals surface area contributed by atoms with Crippen LogP contribution in [0.5, 0.6) is 0 Å². The Balaban J connectivity index is 2.17. The fraction of sp³-hybridized carbons (Fsp3) is 0.846. The quantitative estimate of drug-likeness (QED) is 0.661. The molecule has 1 aromatic heterocycles. The maximum absolute atomic E-state index is 4.18. The molecule has 0 N–H and O–H groups in total. The van der Waals surface area contributed by atoms with Crippen molar-refractivity contribution in [1.29, 1.82) is 0 Å². The Morgan fingerprint density at radius 3 is 2.44 bits per heavy atom. The van der Waals surface area contributed by atoms with E-state index in [0.29, 0.717) is 6.04 Å². The average molecular weight is 223 g/mol. The zero-order valence-electron chi connectivity index (χ0n) is 11.1. The van der Waals surface area contributed by atoms with E-state index < -0.39 is 0 Å². The summed E-state index contributed by atoms with van der Waals surface area (Å²) in [6.07, 6.45) is 8.39. The highest BCUT2D eigenvalue weighted by Gasteiger charge is 2.03. The van der Waals surface area contributed by atoms with Crippen molar-refractivity contribution >= 4 is 0 Å². The number of nitrogens with zero attached hydrogens (tertiary/aromatic N) is 3. The fourth-order valence-corrected chi connectivity index (χ4v) is 1.72. The Labute approximate surface area is 99.2 Å². The third kappa shape index (κ3) is 4.77. The molecular weight excluding hydrogens is 198 g/mol. The topological polar surface area (TPSA) is 30.7 Å². The molecule has 3 nitrogen and oxygen atoms in total. The van der Waals surface area contributed by atoms with Crippen molar-refractivity contribution in [2.24, 2.45) is 5.92 Å². The number of unbranched alkanes of at least 4 members (excludes halogenated alkanes) is 2. The smallest absolute Gasteiger partial charge is 0.0827 e. The Kier molecular flexibility index (Phi) is 5.50. The van der Waals surface area contributed by atoms with Gasteiger partial charge in [0.2, 0.25) is 0 Å².